The number of nitrogen functional groups attached to an aromatic ring is 1. The highest BCUT2D eigenvalue weighted by Crippen LogP contribution is 2.20. The molecule has 0 saturated heterocycles. The van der Waals surface area contributed by atoms with Gasteiger partial charge in [0.25, 0.3) is 5.91 Å². The van der Waals surface area contributed by atoms with Gasteiger partial charge in [0.15, 0.2) is 0 Å². The van der Waals surface area contributed by atoms with Gasteiger partial charge in [-0.1, -0.05) is 32.0 Å². The third kappa shape index (κ3) is 3.38. The second-order valence-electron chi connectivity index (χ2n) is 5.16. The molecule has 1 aromatic carbocycles. The normalized spacial score (nSPS) is 10.5. The number of carbonyl (C=O) groups excluding carboxylic acids is 1. The second kappa shape index (κ2) is 6.37. The number of aromatic nitrogens is 1. The zero-order valence-electron chi connectivity index (χ0n) is 12.5. The van der Waals surface area contributed by atoms with Crippen molar-refractivity contribution in [1.29, 1.82) is 0 Å². The predicted molar refractivity (Wildman–Crippen MR) is 85.3 cm³/mol. The molecule has 0 radical (unpaired) electrons. The molecule has 0 bridgehead atoms. The van der Waals surface area contributed by atoms with Crippen LogP contribution in [0, 0.1) is 0 Å². The molecule has 3 N–H and O–H groups in total. The Balaban J connectivity index is 2.36. The average Bonchev–Trinajstić information content (AvgIpc) is 2.53. The van der Waals surface area contributed by atoms with E-state index in [-0.39, 0.29) is 11.8 Å². The third-order valence-electron chi connectivity index (χ3n) is 3.28. The van der Waals surface area contributed by atoms with Crippen LogP contribution in [0.15, 0.2) is 42.5 Å². The Kier molecular flexibility index (Phi) is 4.55. The molecule has 1 amide bonds. The highest BCUT2D eigenvalue weighted by Gasteiger charge is 2.16. The van der Waals surface area contributed by atoms with Crippen LogP contribution in [0.2, 0.25) is 0 Å². The summed E-state index contributed by atoms with van der Waals surface area (Å²) in [4.78, 5) is 18.6. The van der Waals surface area contributed by atoms with E-state index in [4.69, 9.17) is 5.84 Å². The molecule has 0 aliphatic carbocycles. The molecule has 110 valence electrons. The largest absolute Gasteiger partial charge is 0.311 e. The maximum absolute atomic E-state index is 12.6. The van der Waals surface area contributed by atoms with Crippen LogP contribution in [0.4, 0.5) is 11.5 Å². The number of hydrogen-bond donors (Lipinski definition) is 2. The van der Waals surface area contributed by atoms with Crippen molar-refractivity contribution in [2.24, 2.45) is 5.84 Å². The maximum Gasteiger partial charge on any atom is 0.258 e. The first kappa shape index (κ1) is 15.0. The number of anilines is 2. The maximum atomic E-state index is 12.6. The predicted octanol–water partition coefficient (Wildman–Crippen LogP) is 2.77. The first-order valence-corrected chi connectivity index (χ1v) is 6.84. The summed E-state index contributed by atoms with van der Waals surface area (Å²) in [7, 11) is 1.75. The van der Waals surface area contributed by atoms with Gasteiger partial charge < -0.3 is 10.3 Å². The van der Waals surface area contributed by atoms with Crippen molar-refractivity contribution in [2.75, 3.05) is 17.4 Å². The van der Waals surface area contributed by atoms with Crippen molar-refractivity contribution in [3.05, 3.63) is 53.7 Å². The monoisotopic (exact) mass is 284 g/mol. The molecular weight excluding hydrogens is 264 g/mol. The quantitative estimate of drug-likeness (QED) is 0.669. The number of benzene rings is 1. The second-order valence-corrected chi connectivity index (χ2v) is 5.16. The highest BCUT2D eigenvalue weighted by atomic mass is 16.2. The minimum Gasteiger partial charge on any atom is -0.311 e. The van der Waals surface area contributed by atoms with E-state index in [0.29, 0.717) is 11.4 Å². The van der Waals surface area contributed by atoms with Gasteiger partial charge in [0.2, 0.25) is 0 Å². The van der Waals surface area contributed by atoms with Gasteiger partial charge in [-0.05, 0) is 30.2 Å². The summed E-state index contributed by atoms with van der Waals surface area (Å²) in [5, 5.41) is 0. The van der Waals surface area contributed by atoms with Gasteiger partial charge >= 0.3 is 0 Å². The lowest BCUT2D eigenvalue weighted by Gasteiger charge is -2.18. The lowest BCUT2D eigenvalue weighted by atomic mass is 10.1. The Labute approximate surface area is 124 Å². The molecule has 0 aliphatic rings. The topological polar surface area (TPSA) is 71.2 Å². The number of hydrogen-bond acceptors (Lipinski definition) is 4. The summed E-state index contributed by atoms with van der Waals surface area (Å²) in [6.07, 6.45) is 0. The third-order valence-corrected chi connectivity index (χ3v) is 3.28. The van der Waals surface area contributed by atoms with Crippen LogP contribution in [0.3, 0.4) is 0 Å². The Morgan fingerprint density at radius 1 is 1.24 bits per heavy atom. The molecule has 0 fully saturated rings. The van der Waals surface area contributed by atoms with E-state index < -0.39 is 0 Å². The Hall–Kier alpha value is -2.40. The Bertz CT molecular complexity index is 625. The molecule has 1 aromatic heterocycles. The number of carbonyl (C=O) groups is 1. The molecule has 21 heavy (non-hydrogen) atoms. The van der Waals surface area contributed by atoms with E-state index in [0.717, 1.165) is 11.4 Å². The fourth-order valence-corrected chi connectivity index (χ4v) is 2.01. The summed E-state index contributed by atoms with van der Waals surface area (Å²) < 4.78 is 0. The molecule has 2 aromatic rings. The van der Waals surface area contributed by atoms with Crippen LogP contribution in [-0.4, -0.2) is 17.9 Å². The van der Waals surface area contributed by atoms with E-state index in [1.54, 1.807) is 18.0 Å². The van der Waals surface area contributed by atoms with Crippen molar-refractivity contribution in [3.8, 4) is 0 Å². The Morgan fingerprint density at radius 2 is 1.90 bits per heavy atom. The number of rotatable bonds is 4. The summed E-state index contributed by atoms with van der Waals surface area (Å²) in [5.74, 6) is 6.05. The van der Waals surface area contributed by atoms with E-state index in [2.05, 4.69) is 10.4 Å². The molecule has 1 heterocycles. The molecule has 2 rings (SSSR count). The van der Waals surface area contributed by atoms with Crippen LogP contribution < -0.4 is 16.2 Å². The molecule has 0 spiro atoms. The average molecular weight is 284 g/mol. The van der Waals surface area contributed by atoms with Crippen molar-refractivity contribution < 1.29 is 4.79 Å². The summed E-state index contributed by atoms with van der Waals surface area (Å²) in [5.41, 5.74) is 4.75. The number of nitrogens with two attached hydrogens (primary N) is 1. The summed E-state index contributed by atoms with van der Waals surface area (Å²) in [6.45, 7) is 4.05. The molecular formula is C16H20N4O. The van der Waals surface area contributed by atoms with Gasteiger partial charge in [0.1, 0.15) is 5.82 Å². The number of para-hydroxylation sites is 1. The van der Waals surface area contributed by atoms with E-state index in [9.17, 15) is 4.79 Å². The smallest absolute Gasteiger partial charge is 0.258 e. The lowest BCUT2D eigenvalue weighted by Crippen LogP contribution is -2.26. The van der Waals surface area contributed by atoms with Crippen LogP contribution in [-0.2, 0) is 0 Å². The Morgan fingerprint density at radius 3 is 2.48 bits per heavy atom. The standard InChI is InChI=1S/C16H20N4O/c1-11(2)14-9-12(10-15(18-14)19-17)16(21)20(3)13-7-5-4-6-8-13/h4-11H,17H2,1-3H3,(H,18,19). The highest BCUT2D eigenvalue weighted by molar-refractivity contribution is 6.06. The van der Waals surface area contributed by atoms with Gasteiger partial charge in [0, 0.05) is 24.0 Å². The van der Waals surface area contributed by atoms with Crippen molar-refractivity contribution in [2.45, 2.75) is 19.8 Å². The van der Waals surface area contributed by atoms with Gasteiger partial charge in [-0.2, -0.15) is 0 Å². The minimum atomic E-state index is -0.0954. The van der Waals surface area contributed by atoms with Crippen LogP contribution in [0.1, 0.15) is 35.8 Å². The van der Waals surface area contributed by atoms with Crippen molar-refractivity contribution in [1.82, 2.24) is 4.98 Å². The van der Waals surface area contributed by atoms with Crippen molar-refractivity contribution in [3.63, 3.8) is 0 Å². The minimum absolute atomic E-state index is 0.0954. The number of nitrogens with one attached hydrogen (secondary N) is 1. The van der Waals surface area contributed by atoms with E-state index in [1.807, 2.05) is 50.2 Å². The summed E-state index contributed by atoms with van der Waals surface area (Å²) in [6, 6.07) is 13.0. The number of pyridine rings is 1. The number of amides is 1. The number of hydrazine groups is 1. The zero-order valence-corrected chi connectivity index (χ0v) is 12.5. The first-order valence-electron chi connectivity index (χ1n) is 6.84. The van der Waals surface area contributed by atoms with E-state index >= 15 is 0 Å². The van der Waals surface area contributed by atoms with Gasteiger partial charge in [-0.25, -0.2) is 10.8 Å². The molecule has 0 aliphatic heterocycles. The fourth-order valence-electron chi connectivity index (χ4n) is 2.01. The molecule has 0 saturated carbocycles. The van der Waals surface area contributed by atoms with Crippen LogP contribution >= 0.6 is 0 Å². The van der Waals surface area contributed by atoms with Gasteiger partial charge in [-0.3, -0.25) is 4.79 Å². The number of nitrogens with zero attached hydrogens (tertiary/aromatic N) is 2. The lowest BCUT2D eigenvalue weighted by molar-refractivity contribution is 0.0993. The fraction of sp³-hybridized carbons (Fsp3) is 0.250. The zero-order chi connectivity index (χ0) is 15.4. The molecule has 5 nitrogen and oxygen atoms in total. The molecule has 0 unspecified atom stereocenters. The SMILES string of the molecule is CC(C)c1cc(C(=O)N(C)c2ccccc2)cc(NN)n1. The first-order chi connectivity index (χ1) is 10.0. The summed E-state index contributed by atoms with van der Waals surface area (Å²) >= 11 is 0. The van der Waals surface area contributed by atoms with Crippen LogP contribution in [0.25, 0.3) is 0 Å². The molecule has 0 atom stereocenters. The van der Waals surface area contributed by atoms with Gasteiger partial charge in [-0.15, -0.1) is 0 Å². The van der Waals surface area contributed by atoms with Crippen molar-refractivity contribution >= 4 is 17.4 Å². The molecule has 5 heteroatoms. The van der Waals surface area contributed by atoms with Crippen LogP contribution in [0.5, 0.6) is 0 Å². The van der Waals surface area contributed by atoms with Gasteiger partial charge in [0.05, 0.1) is 0 Å². The van der Waals surface area contributed by atoms with E-state index in [1.165, 1.54) is 0 Å².